The van der Waals surface area contributed by atoms with Gasteiger partial charge in [0.15, 0.2) is 0 Å². The molecule has 0 bridgehead atoms. The highest BCUT2D eigenvalue weighted by molar-refractivity contribution is 5.96. The summed E-state index contributed by atoms with van der Waals surface area (Å²) in [6, 6.07) is 5.02. The van der Waals surface area contributed by atoms with Crippen LogP contribution in [-0.4, -0.2) is 26.0 Å². The number of aryl methyl sites for hydroxylation is 1. The van der Waals surface area contributed by atoms with E-state index >= 15 is 0 Å². The maximum atomic E-state index is 12.0. The van der Waals surface area contributed by atoms with Crippen molar-refractivity contribution >= 4 is 22.5 Å². The van der Waals surface area contributed by atoms with Gasteiger partial charge in [-0.15, -0.1) is 0 Å². The molecule has 0 aromatic carbocycles. The van der Waals surface area contributed by atoms with Crippen LogP contribution in [0.2, 0.25) is 0 Å². The summed E-state index contributed by atoms with van der Waals surface area (Å²) in [5.41, 5.74) is 2.12. The van der Waals surface area contributed by atoms with E-state index in [0.29, 0.717) is 11.5 Å². The van der Waals surface area contributed by atoms with Crippen LogP contribution in [0.4, 0.5) is 5.82 Å². The van der Waals surface area contributed by atoms with Crippen molar-refractivity contribution in [3.63, 3.8) is 0 Å². The molecule has 128 valence electrons. The highest BCUT2D eigenvalue weighted by atomic mass is 16.3. The van der Waals surface area contributed by atoms with Crippen LogP contribution in [0.15, 0.2) is 36.8 Å². The van der Waals surface area contributed by atoms with Crippen molar-refractivity contribution in [3.8, 4) is 17.6 Å². The van der Waals surface area contributed by atoms with Crippen molar-refractivity contribution in [2.75, 3.05) is 5.32 Å². The summed E-state index contributed by atoms with van der Waals surface area (Å²) in [5.74, 6) is 6.79. The first-order valence-corrected chi connectivity index (χ1v) is 8.33. The van der Waals surface area contributed by atoms with E-state index in [0.717, 1.165) is 34.9 Å². The molecule has 2 N–H and O–H groups in total. The number of hydrogen-bond donors (Lipinski definition) is 2. The monoisotopic (exact) mass is 344 g/mol. The summed E-state index contributed by atoms with van der Waals surface area (Å²) in [5, 5.41) is 13.9. The van der Waals surface area contributed by atoms with E-state index in [1.165, 1.54) is 12.3 Å². The lowest BCUT2D eigenvalue weighted by atomic mass is 10.1. The first kappa shape index (κ1) is 16.0. The van der Waals surface area contributed by atoms with Gasteiger partial charge in [0.2, 0.25) is 5.91 Å². The van der Waals surface area contributed by atoms with Gasteiger partial charge in [-0.05, 0) is 43.9 Å². The molecule has 3 heterocycles. The Morgan fingerprint density at radius 1 is 1.12 bits per heavy atom. The zero-order valence-electron chi connectivity index (χ0n) is 14.2. The molecule has 0 unspecified atom stereocenters. The Labute approximate surface area is 150 Å². The number of nitrogens with zero attached hydrogens (tertiary/aromatic N) is 3. The van der Waals surface area contributed by atoms with Gasteiger partial charge < -0.3 is 10.4 Å². The van der Waals surface area contributed by atoms with Gasteiger partial charge in [0.25, 0.3) is 0 Å². The third-order valence-electron chi connectivity index (χ3n) is 4.24. The SMILES string of the molecule is Cc1ncc(C#Cc2ccc(O)cn2)c2cc(NC(=O)C3CC3)ncc12. The lowest BCUT2D eigenvalue weighted by Gasteiger charge is -2.07. The van der Waals surface area contributed by atoms with Gasteiger partial charge in [-0.2, -0.15) is 0 Å². The van der Waals surface area contributed by atoms with Gasteiger partial charge in [-0.1, -0.05) is 5.92 Å². The maximum Gasteiger partial charge on any atom is 0.228 e. The number of pyridine rings is 3. The van der Waals surface area contributed by atoms with Gasteiger partial charge in [-0.3, -0.25) is 9.78 Å². The predicted octanol–water partition coefficient (Wildman–Crippen LogP) is 2.79. The third kappa shape index (κ3) is 3.33. The molecule has 0 spiro atoms. The van der Waals surface area contributed by atoms with Crippen LogP contribution in [0.5, 0.6) is 5.75 Å². The molecule has 0 radical (unpaired) electrons. The number of carbonyl (C=O) groups is 1. The average Bonchev–Trinajstić information content (AvgIpc) is 3.48. The maximum absolute atomic E-state index is 12.0. The Morgan fingerprint density at radius 3 is 2.69 bits per heavy atom. The fourth-order valence-corrected chi connectivity index (χ4v) is 2.60. The van der Waals surface area contributed by atoms with Crippen molar-refractivity contribution in [2.45, 2.75) is 19.8 Å². The molecule has 1 amide bonds. The molecule has 3 aromatic rings. The van der Waals surface area contributed by atoms with E-state index in [1.54, 1.807) is 18.5 Å². The zero-order chi connectivity index (χ0) is 18.1. The topological polar surface area (TPSA) is 88.0 Å². The fraction of sp³-hybridized carbons (Fsp3) is 0.200. The van der Waals surface area contributed by atoms with Crippen LogP contribution in [0.1, 0.15) is 29.8 Å². The molecule has 1 aliphatic rings. The Balaban J connectivity index is 1.72. The number of nitrogens with one attached hydrogen (secondary N) is 1. The number of hydrogen-bond acceptors (Lipinski definition) is 5. The highest BCUT2D eigenvalue weighted by Crippen LogP contribution is 2.30. The van der Waals surface area contributed by atoms with Crippen molar-refractivity contribution in [1.82, 2.24) is 15.0 Å². The average molecular weight is 344 g/mol. The predicted molar refractivity (Wildman–Crippen MR) is 97.5 cm³/mol. The minimum absolute atomic E-state index is 0.0172. The van der Waals surface area contributed by atoms with Crippen LogP contribution in [0, 0.1) is 24.7 Å². The van der Waals surface area contributed by atoms with E-state index in [2.05, 4.69) is 32.1 Å². The Kier molecular flexibility index (Phi) is 3.98. The molecule has 6 nitrogen and oxygen atoms in total. The second-order valence-corrected chi connectivity index (χ2v) is 6.29. The van der Waals surface area contributed by atoms with Crippen LogP contribution < -0.4 is 5.32 Å². The first-order chi connectivity index (χ1) is 12.6. The lowest BCUT2D eigenvalue weighted by molar-refractivity contribution is -0.117. The number of aromatic nitrogens is 3. The van der Waals surface area contributed by atoms with Crippen molar-refractivity contribution in [2.24, 2.45) is 5.92 Å². The standard InChI is InChI=1S/C20H16N4O2/c1-12-18-11-23-19(24-20(26)13-2-3-13)8-17(18)14(9-21-12)4-5-15-6-7-16(25)10-22-15/h6-11,13,25H,2-3H2,1H3,(H,23,24,26). The van der Waals surface area contributed by atoms with Crippen LogP contribution in [0.3, 0.4) is 0 Å². The molecule has 0 aliphatic heterocycles. The van der Waals surface area contributed by atoms with Gasteiger partial charge in [0.1, 0.15) is 17.3 Å². The van der Waals surface area contributed by atoms with Gasteiger partial charge in [-0.25, -0.2) is 9.97 Å². The molecule has 1 aliphatic carbocycles. The fourth-order valence-electron chi connectivity index (χ4n) is 2.60. The van der Waals surface area contributed by atoms with E-state index in [9.17, 15) is 9.90 Å². The number of anilines is 1. The highest BCUT2D eigenvalue weighted by Gasteiger charge is 2.29. The summed E-state index contributed by atoms with van der Waals surface area (Å²) >= 11 is 0. The largest absolute Gasteiger partial charge is 0.506 e. The van der Waals surface area contributed by atoms with Gasteiger partial charge in [0.05, 0.1) is 11.8 Å². The Bertz CT molecular complexity index is 1060. The smallest absolute Gasteiger partial charge is 0.228 e. The quantitative estimate of drug-likeness (QED) is 0.698. The Morgan fingerprint density at radius 2 is 1.96 bits per heavy atom. The molecule has 0 atom stereocenters. The Hall–Kier alpha value is -3.46. The molecule has 26 heavy (non-hydrogen) atoms. The minimum atomic E-state index is 0.0172. The molecule has 1 fully saturated rings. The van der Waals surface area contributed by atoms with E-state index in [1.807, 2.05) is 13.0 Å². The van der Waals surface area contributed by atoms with Crippen molar-refractivity contribution in [3.05, 3.63) is 53.7 Å². The summed E-state index contributed by atoms with van der Waals surface area (Å²) in [6.07, 6.45) is 6.66. The molecule has 3 aromatic heterocycles. The normalized spacial score (nSPS) is 13.1. The second-order valence-electron chi connectivity index (χ2n) is 6.29. The summed E-state index contributed by atoms with van der Waals surface area (Å²) in [7, 11) is 0. The molecule has 1 saturated carbocycles. The van der Waals surface area contributed by atoms with Crippen LogP contribution in [0.25, 0.3) is 10.8 Å². The summed E-state index contributed by atoms with van der Waals surface area (Å²) < 4.78 is 0. The first-order valence-electron chi connectivity index (χ1n) is 8.33. The summed E-state index contributed by atoms with van der Waals surface area (Å²) in [6.45, 7) is 1.91. The molecule has 0 saturated heterocycles. The molecular weight excluding hydrogens is 328 g/mol. The third-order valence-corrected chi connectivity index (χ3v) is 4.24. The van der Waals surface area contributed by atoms with Crippen LogP contribution in [-0.2, 0) is 4.79 Å². The van der Waals surface area contributed by atoms with Gasteiger partial charge in [0, 0.05) is 34.8 Å². The molecule has 4 rings (SSSR count). The summed E-state index contributed by atoms with van der Waals surface area (Å²) in [4.78, 5) is 24.7. The van der Waals surface area contributed by atoms with Gasteiger partial charge >= 0.3 is 0 Å². The molecule has 6 heteroatoms. The number of rotatable bonds is 2. The van der Waals surface area contributed by atoms with E-state index in [4.69, 9.17) is 0 Å². The number of carbonyl (C=O) groups excluding carboxylic acids is 1. The second kappa shape index (κ2) is 6.45. The van der Waals surface area contributed by atoms with E-state index in [-0.39, 0.29) is 17.6 Å². The number of fused-ring (bicyclic) bond motifs is 1. The van der Waals surface area contributed by atoms with E-state index < -0.39 is 0 Å². The minimum Gasteiger partial charge on any atom is -0.506 e. The molecular formula is C20H16N4O2. The number of aromatic hydroxyl groups is 1. The number of amides is 1. The van der Waals surface area contributed by atoms with Crippen LogP contribution >= 0.6 is 0 Å². The lowest BCUT2D eigenvalue weighted by Crippen LogP contribution is -2.14. The van der Waals surface area contributed by atoms with Crippen molar-refractivity contribution < 1.29 is 9.90 Å². The zero-order valence-corrected chi connectivity index (χ0v) is 14.2. The van der Waals surface area contributed by atoms with Crippen molar-refractivity contribution in [1.29, 1.82) is 0 Å².